The minimum atomic E-state index is -3.86. The molecule has 11 nitrogen and oxygen atoms in total. The molecule has 3 aromatic rings. The predicted molar refractivity (Wildman–Crippen MR) is 160 cm³/mol. The third kappa shape index (κ3) is 9.83. The predicted octanol–water partition coefficient (Wildman–Crippen LogP) is 3.69. The molecule has 1 aliphatic heterocycles. The molecule has 0 radical (unpaired) electrons. The minimum absolute atomic E-state index is 0.00543. The summed E-state index contributed by atoms with van der Waals surface area (Å²) in [5, 5.41) is 5.48. The maximum Gasteiger partial charge on any atom is 0.407 e. The molecule has 12 heteroatoms. The van der Waals surface area contributed by atoms with Crippen LogP contribution in [0.5, 0.6) is 5.75 Å². The Labute approximate surface area is 251 Å². The molecule has 0 saturated carbocycles. The van der Waals surface area contributed by atoms with Crippen molar-refractivity contribution in [1.29, 1.82) is 0 Å². The zero-order valence-corrected chi connectivity index (χ0v) is 24.6. The van der Waals surface area contributed by atoms with Crippen LogP contribution in [0.3, 0.4) is 0 Å². The van der Waals surface area contributed by atoms with Gasteiger partial charge in [-0.25, -0.2) is 17.9 Å². The summed E-state index contributed by atoms with van der Waals surface area (Å²) in [5.41, 5.74) is 2.47. The Morgan fingerprint density at radius 3 is 2.35 bits per heavy atom. The van der Waals surface area contributed by atoms with Gasteiger partial charge in [0.05, 0.1) is 18.0 Å². The Morgan fingerprint density at radius 1 is 0.953 bits per heavy atom. The van der Waals surface area contributed by atoms with Crippen molar-refractivity contribution in [3.8, 4) is 5.75 Å². The largest absolute Gasteiger partial charge is 0.478 e. The fraction of sp³-hybridized carbons (Fsp3) is 0.323. The van der Waals surface area contributed by atoms with Gasteiger partial charge < -0.3 is 24.8 Å². The van der Waals surface area contributed by atoms with Crippen LogP contribution < -0.4 is 20.1 Å². The van der Waals surface area contributed by atoms with Gasteiger partial charge in [-0.05, 0) is 55.0 Å². The SMILES string of the molecule is CCOC(=O)[C@H](Cc1ccc2c(c1)NC(=O)[C@@H](CCCNC(=O)OCc1ccccc1)O2)NS(=O)(=O)Cc1ccccc1. The average molecular weight is 610 g/mol. The number of fused-ring (bicyclic) bond motifs is 1. The Bertz CT molecular complexity index is 1500. The van der Waals surface area contributed by atoms with Crippen LogP contribution in [-0.4, -0.2) is 51.7 Å². The number of nitrogens with one attached hydrogen (secondary N) is 3. The lowest BCUT2D eigenvalue weighted by atomic mass is 10.0. The first-order valence-electron chi connectivity index (χ1n) is 14.0. The number of hydrogen-bond acceptors (Lipinski definition) is 8. The van der Waals surface area contributed by atoms with Gasteiger partial charge in [0.25, 0.3) is 5.91 Å². The Balaban J connectivity index is 1.30. The number of alkyl carbamates (subject to hydrolysis) is 1. The molecule has 4 rings (SSSR count). The van der Waals surface area contributed by atoms with Crippen molar-refractivity contribution in [3.05, 3.63) is 95.6 Å². The molecule has 2 atom stereocenters. The molecule has 3 N–H and O–H groups in total. The quantitative estimate of drug-likeness (QED) is 0.185. The molecule has 43 heavy (non-hydrogen) atoms. The summed E-state index contributed by atoms with van der Waals surface area (Å²) in [4.78, 5) is 37.3. The molecule has 0 spiro atoms. The summed E-state index contributed by atoms with van der Waals surface area (Å²) in [6.45, 7) is 2.21. The number of sulfonamides is 1. The van der Waals surface area contributed by atoms with Crippen molar-refractivity contribution in [1.82, 2.24) is 10.0 Å². The van der Waals surface area contributed by atoms with Crippen LogP contribution in [0, 0.1) is 0 Å². The van der Waals surface area contributed by atoms with E-state index in [9.17, 15) is 22.8 Å². The first-order chi connectivity index (χ1) is 20.7. The summed E-state index contributed by atoms with van der Waals surface area (Å²) in [6, 6.07) is 21.8. The van der Waals surface area contributed by atoms with E-state index < -0.39 is 34.2 Å². The van der Waals surface area contributed by atoms with Crippen molar-refractivity contribution in [2.75, 3.05) is 18.5 Å². The molecule has 0 saturated heterocycles. The summed E-state index contributed by atoms with van der Waals surface area (Å²) in [5.74, 6) is -0.888. The van der Waals surface area contributed by atoms with E-state index in [0.29, 0.717) is 42.0 Å². The first-order valence-corrected chi connectivity index (χ1v) is 15.6. The molecule has 1 heterocycles. The molecule has 0 aliphatic carbocycles. The van der Waals surface area contributed by atoms with Crippen LogP contribution in [0.4, 0.5) is 10.5 Å². The Morgan fingerprint density at radius 2 is 1.65 bits per heavy atom. The van der Waals surface area contributed by atoms with Crippen LogP contribution >= 0.6 is 0 Å². The molecule has 0 fully saturated rings. The van der Waals surface area contributed by atoms with Gasteiger partial charge in [0, 0.05) is 6.54 Å². The van der Waals surface area contributed by atoms with Crippen LogP contribution in [0.1, 0.15) is 36.5 Å². The molecule has 1 aliphatic rings. The number of carbonyl (C=O) groups excluding carboxylic acids is 3. The van der Waals surface area contributed by atoms with Gasteiger partial charge in [0.1, 0.15) is 18.4 Å². The van der Waals surface area contributed by atoms with Gasteiger partial charge in [-0.15, -0.1) is 0 Å². The zero-order chi connectivity index (χ0) is 30.7. The molecule has 0 bridgehead atoms. The first kappa shape index (κ1) is 31.5. The molecule has 0 aromatic heterocycles. The lowest BCUT2D eigenvalue weighted by Gasteiger charge is -2.26. The summed E-state index contributed by atoms with van der Waals surface area (Å²) < 4.78 is 44.3. The van der Waals surface area contributed by atoms with Gasteiger partial charge in [0.15, 0.2) is 6.10 Å². The Hall–Kier alpha value is -4.42. The molecule has 2 amide bonds. The number of ether oxygens (including phenoxy) is 3. The molecule has 3 aromatic carbocycles. The highest BCUT2D eigenvalue weighted by Gasteiger charge is 2.30. The van der Waals surface area contributed by atoms with Gasteiger partial charge >= 0.3 is 12.1 Å². The maximum absolute atomic E-state index is 12.8. The Kier molecular flexibility index (Phi) is 11.1. The summed E-state index contributed by atoms with van der Waals surface area (Å²) in [6.07, 6.45) is -0.446. The van der Waals surface area contributed by atoms with E-state index in [2.05, 4.69) is 15.4 Å². The standard InChI is InChI=1S/C31H35N3O8S/c1-2-40-30(36)26(34-43(38,39)21-23-12-7-4-8-13-23)19-24-15-16-27-25(18-24)33-29(35)28(42-27)14-9-17-32-31(37)41-20-22-10-5-3-6-11-22/h3-8,10-13,15-16,18,26,28,34H,2,9,14,17,19-21H2,1H3,(H,32,37)(H,33,35)/t26-,28+/m0/s1. The highest BCUT2D eigenvalue weighted by Crippen LogP contribution is 2.32. The zero-order valence-electron chi connectivity index (χ0n) is 23.8. The van der Waals surface area contributed by atoms with Crippen molar-refractivity contribution in [2.24, 2.45) is 0 Å². The van der Waals surface area contributed by atoms with E-state index in [-0.39, 0.29) is 31.3 Å². The van der Waals surface area contributed by atoms with E-state index in [1.165, 1.54) is 0 Å². The summed E-state index contributed by atoms with van der Waals surface area (Å²) in [7, 11) is -3.86. The molecular formula is C31H35N3O8S. The number of amides is 2. The van der Waals surface area contributed by atoms with E-state index in [1.807, 2.05) is 30.3 Å². The maximum atomic E-state index is 12.8. The number of rotatable bonds is 14. The van der Waals surface area contributed by atoms with Crippen molar-refractivity contribution < 1.29 is 37.0 Å². The van der Waals surface area contributed by atoms with E-state index in [1.54, 1.807) is 55.5 Å². The fourth-order valence-corrected chi connectivity index (χ4v) is 5.80. The van der Waals surface area contributed by atoms with Crippen molar-refractivity contribution >= 4 is 33.7 Å². The number of hydrogen-bond donors (Lipinski definition) is 3. The fourth-order valence-electron chi connectivity index (χ4n) is 4.47. The van der Waals surface area contributed by atoms with E-state index in [0.717, 1.165) is 5.56 Å². The van der Waals surface area contributed by atoms with Gasteiger partial charge in [-0.2, -0.15) is 0 Å². The third-order valence-electron chi connectivity index (χ3n) is 6.52. The van der Waals surface area contributed by atoms with E-state index >= 15 is 0 Å². The van der Waals surface area contributed by atoms with Gasteiger partial charge in [-0.3, -0.25) is 9.59 Å². The second-order valence-electron chi connectivity index (χ2n) is 9.93. The lowest BCUT2D eigenvalue weighted by Crippen LogP contribution is -2.43. The second kappa shape index (κ2) is 15.2. The topological polar surface area (TPSA) is 149 Å². The van der Waals surface area contributed by atoms with Crippen molar-refractivity contribution in [3.63, 3.8) is 0 Å². The number of carbonyl (C=O) groups is 3. The van der Waals surface area contributed by atoms with Crippen LogP contribution in [0.2, 0.25) is 0 Å². The van der Waals surface area contributed by atoms with Crippen LogP contribution in [0.25, 0.3) is 0 Å². The van der Waals surface area contributed by atoms with E-state index in [4.69, 9.17) is 14.2 Å². The smallest absolute Gasteiger partial charge is 0.407 e. The minimum Gasteiger partial charge on any atom is -0.478 e. The van der Waals surface area contributed by atoms with Crippen LogP contribution in [-0.2, 0) is 47.9 Å². The van der Waals surface area contributed by atoms with Gasteiger partial charge in [-0.1, -0.05) is 66.7 Å². The number of benzene rings is 3. The molecular weight excluding hydrogens is 574 g/mol. The normalized spacial score (nSPS) is 14.9. The number of esters is 1. The highest BCUT2D eigenvalue weighted by atomic mass is 32.2. The molecule has 0 unspecified atom stereocenters. The van der Waals surface area contributed by atoms with Crippen LogP contribution in [0.15, 0.2) is 78.9 Å². The monoisotopic (exact) mass is 609 g/mol. The van der Waals surface area contributed by atoms with Crippen molar-refractivity contribution in [2.45, 2.75) is 50.7 Å². The molecule has 228 valence electrons. The second-order valence-corrected chi connectivity index (χ2v) is 11.7. The average Bonchev–Trinajstić information content (AvgIpc) is 2.99. The third-order valence-corrected chi connectivity index (χ3v) is 7.88. The summed E-state index contributed by atoms with van der Waals surface area (Å²) >= 11 is 0. The lowest BCUT2D eigenvalue weighted by molar-refractivity contribution is -0.145. The number of anilines is 1. The van der Waals surface area contributed by atoms with Gasteiger partial charge in [0.2, 0.25) is 10.0 Å². The highest BCUT2D eigenvalue weighted by molar-refractivity contribution is 7.88.